The minimum atomic E-state index is -1.24. The van der Waals surface area contributed by atoms with Crippen molar-refractivity contribution < 1.29 is 38.2 Å². The molecule has 0 spiro atoms. The fraction of sp³-hybridized carbons (Fsp3) is 0.423. The third kappa shape index (κ3) is 6.17. The number of ether oxygens (including phenoxy) is 4. The lowest BCUT2D eigenvalue weighted by Crippen LogP contribution is -2.53. The van der Waals surface area contributed by atoms with Gasteiger partial charge < -0.3 is 18.9 Å². The quantitative estimate of drug-likeness (QED) is 0.394. The molecule has 35 heavy (non-hydrogen) atoms. The standard InChI is InChI=1S/C26H31NO8/c1-5-34-23-16-20(17-11-13-19(31-2)14-12-17)22(15-21(25(29)32-3)26(30)33-4)27(35-23)24(28)18-9-7-6-8-10-18/h6-14,20-23H,5,15-16H2,1-4H3/t20-,22?,23-/m0/s1. The maximum Gasteiger partial charge on any atom is 0.320 e. The average molecular weight is 486 g/mol. The lowest BCUT2D eigenvalue weighted by atomic mass is 9.82. The summed E-state index contributed by atoms with van der Waals surface area (Å²) in [5.74, 6) is -2.79. The second kappa shape index (κ2) is 12.3. The minimum Gasteiger partial charge on any atom is -0.497 e. The summed E-state index contributed by atoms with van der Waals surface area (Å²) in [6, 6.07) is 15.4. The molecule has 188 valence electrons. The predicted octanol–water partition coefficient (Wildman–Crippen LogP) is 3.34. The van der Waals surface area contributed by atoms with Gasteiger partial charge in [0.2, 0.25) is 0 Å². The summed E-state index contributed by atoms with van der Waals surface area (Å²) in [4.78, 5) is 44.6. The number of carbonyl (C=O) groups is 3. The maximum atomic E-state index is 13.6. The Morgan fingerprint density at radius 1 is 0.971 bits per heavy atom. The Hall–Kier alpha value is -3.43. The first-order valence-corrected chi connectivity index (χ1v) is 11.4. The molecule has 9 heteroatoms. The van der Waals surface area contributed by atoms with Crippen LogP contribution >= 0.6 is 0 Å². The molecule has 3 atom stereocenters. The Bertz CT molecular complexity index is 978. The summed E-state index contributed by atoms with van der Waals surface area (Å²) in [7, 11) is 3.98. The number of carbonyl (C=O) groups excluding carboxylic acids is 3. The molecule has 1 unspecified atom stereocenters. The van der Waals surface area contributed by atoms with E-state index in [2.05, 4.69) is 0 Å². The number of hydrogen-bond acceptors (Lipinski definition) is 8. The van der Waals surface area contributed by atoms with Gasteiger partial charge >= 0.3 is 11.9 Å². The minimum absolute atomic E-state index is 0.0620. The van der Waals surface area contributed by atoms with Crippen molar-refractivity contribution in [2.45, 2.75) is 38.0 Å². The molecule has 3 rings (SSSR count). The molecule has 0 N–H and O–H groups in total. The fourth-order valence-corrected chi connectivity index (χ4v) is 4.25. The number of methoxy groups -OCH3 is 3. The van der Waals surface area contributed by atoms with Crippen molar-refractivity contribution in [3.8, 4) is 5.75 Å². The Labute approximate surface area is 204 Å². The molecule has 0 bridgehead atoms. The molecule has 1 saturated heterocycles. The molecular formula is C26H31NO8. The zero-order valence-corrected chi connectivity index (χ0v) is 20.3. The van der Waals surface area contributed by atoms with Gasteiger partial charge in [0.1, 0.15) is 5.75 Å². The van der Waals surface area contributed by atoms with E-state index in [0.29, 0.717) is 24.3 Å². The van der Waals surface area contributed by atoms with Crippen molar-refractivity contribution in [1.82, 2.24) is 5.06 Å². The van der Waals surface area contributed by atoms with E-state index in [-0.39, 0.29) is 12.3 Å². The lowest BCUT2D eigenvalue weighted by molar-refractivity contribution is -0.299. The molecule has 1 fully saturated rings. The van der Waals surface area contributed by atoms with Gasteiger partial charge in [-0.1, -0.05) is 30.3 Å². The van der Waals surface area contributed by atoms with E-state index < -0.39 is 36.1 Å². The van der Waals surface area contributed by atoms with Gasteiger partial charge in [0.25, 0.3) is 5.91 Å². The van der Waals surface area contributed by atoms with Gasteiger partial charge in [-0.3, -0.25) is 14.4 Å². The van der Waals surface area contributed by atoms with Crippen LogP contribution in [0.3, 0.4) is 0 Å². The molecule has 0 radical (unpaired) electrons. The summed E-state index contributed by atoms with van der Waals surface area (Å²) in [5.41, 5.74) is 1.28. The number of hydroxylamine groups is 2. The van der Waals surface area contributed by atoms with E-state index in [0.717, 1.165) is 5.56 Å². The van der Waals surface area contributed by atoms with Crippen molar-refractivity contribution in [2.75, 3.05) is 27.9 Å². The number of benzene rings is 2. The van der Waals surface area contributed by atoms with E-state index in [1.807, 2.05) is 31.2 Å². The van der Waals surface area contributed by atoms with Gasteiger partial charge in [-0.15, -0.1) is 0 Å². The molecule has 0 aliphatic carbocycles. The summed E-state index contributed by atoms with van der Waals surface area (Å²) in [6.07, 6.45) is -0.364. The topological polar surface area (TPSA) is 101 Å². The molecule has 1 aliphatic rings. The van der Waals surface area contributed by atoms with Crippen molar-refractivity contribution in [2.24, 2.45) is 5.92 Å². The average Bonchev–Trinajstić information content (AvgIpc) is 2.91. The van der Waals surface area contributed by atoms with E-state index in [1.54, 1.807) is 37.4 Å². The van der Waals surface area contributed by atoms with Gasteiger partial charge in [0, 0.05) is 24.5 Å². The Balaban J connectivity index is 2.07. The van der Waals surface area contributed by atoms with Crippen LogP contribution in [0.4, 0.5) is 0 Å². The highest BCUT2D eigenvalue weighted by atomic mass is 16.8. The van der Waals surface area contributed by atoms with Gasteiger partial charge in [-0.25, -0.2) is 9.90 Å². The number of amides is 1. The van der Waals surface area contributed by atoms with E-state index >= 15 is 0 Å². The predicted molar refractivity (Wildman–Crippen MR) is 125 cm³/mol. The largest absolute Gasteiger partial charge is 0.497 e. The summed E-state index contributed by atoms with van der Waals surface area (Å²) >= 11 is 0. The van der Waals surface area contributed by atoms with Gasteiger partial charge in [0.15, 0.2) is 12.2 Å². The van der Waals surface area contributed by atoms with E-state index in [9.17, 15) is 14.4 Å². The summed E-state index contributed by atoms with van der Waals surface area (Å²) < 4.78 is 20.8. The maximum absolute atomic E-state index is 13.6. The Kier molecular flexibility index (Phi) is 9.22. The highest BCUT2D eigenvalue weighted by molar-refractivity contribution is 5.96. The van der Waals surface area contributed by atoms with E-state index in [4.69, 9.17) is 23.8 Å². The first-order chi connectivity index (χ1) is 16.9. The van der Waals surface area contributed by atoms with Crippen LogP contribution in [0.25, 0.3) is 0 Å². The highest BCUT2D eigenvalue weighted by Crippen LogP contribution is 2.39. The molecule has 1 aliphatic heterocycles. The molecule has 0 aromatic heterocycles. The summed E-state index contributed by atoms with van der Waals surface area (Å²) in [6.45, 7) is 2.22. The molecule has 1 amide bonds. The monoisotopic (exact) mass is 485 g/mol. The second-order valence-corrected chi connectivity index (χ2v) is 8.00. The van der Waals surface area contributed by atoms with Crippen LogP contribution in [0.15, 0.2) is 54.6 Å². The third-order valence-electron chi connectivity index (χ3n) is 6.01. The van der Waals surface area contributed by atoms with Crippen molar-refractivity contribution in [1.29, 1.82) is 0 Å². The molecule has 2 aromatic rings. The second-order valence-electron chi connectivity index (χ2n) is 8.00. The number of hydrogen-bond donors (Lipinski definition) is 0. The lowest BCUT2D eigenvalue weighted by Gasteiger charge is -2.44. The van der Waals surface area contributed by atoms with Crippen LogP contribution in [-0.4, -0.2) is 63.2 Å². The zero-order valence-electron chi connectivity index (χ0n) is 20.3. The molecule has 1 heterocycles. The number of esters is 2. The van der Waals surface area contributed by atoms with Crippen molar-refractivity contribution in [3.63, 3.8) is 0 Å². The number of nitrogens with zero attached hydrogens (tertiary/aromatic N) is 1. The van der Waals surface area contributed by atoms with Crippen LogP contribution in [0.5, 0.6) is 5.75 Å². The Morgan fingerprint density at radius 3 is 2.14 bits per heavy atom. The van der Waals surface area contributed by atoms with Crippen LogP contribution < -0.4 is 4.74 Å². The van der Waals surface area contributed by atoms with Gasteiger partial charge in [-0.05, 0) is 43.2 Å². The first kappa shape index (κ1) is 26.2. The zero-order chi connectivity index (χ0) is 25.4. The highest BCUT2D eigenvalue weighted by Gasteiger charge is 2.45. The first-order valence-electron chi connectivity index (χ1n) is 11.4. The number of rotatable bonds is 9. The van der Waals surface area contributed by atoms with Crippen molar-refractivity contribution in [3.05, 3.63) is 65.7 Å². The fourth-order valence-electron chi connectivity index (χ4n) is 4.25. The third-order valence-corrected chi connectivity index (χ3v) is 6.01. The molecule has 9 nitrogen and oxygen atoms in total. The van der Waals surface area contributed by atoms with Crippen LogP contribution in [-0.2, 0) is 28.6 Å². The van der Waals surface area contributed by atoms with Gasteiger partial charge in [-0.2, -0.15) is 0 Å². The van der Waals surface area contributed by atoms with Crippen LogP contribution in [0.1, 0.15) is 41.6 Å². The Morgan fingerprint density at radius 2 is 1.60 bits per heavy atom. The van der Waals surface area contributed by atoms with Crippen molar-refractivity contribution >= 4 is 17.8 Å². The summed E-state index contributed by atoms with van der Waals surface area (Å²) in [5, 5.41) is 1.23. The molecule has 2 aromatic carbocycles. The SMILES string of the molecule is CCO[C@@H]1C[C@@H](c2ccc(OC)cc2)C(CC(C(=O)OC)C(=O)OC)N(C(=O)c2ccccc2)O1. The van der Waals surface area contributed by atoms with Crippen LogP contribution in [0.2, 0.25) is 0 Å². The molecule has 0 saturated carbocycles. The van der Waals surface area contributed by atoms with E-state index in [1.165, 1.54) is 19.3 Å². The molecular weight excluding hydrogens is 454 g/mol. The smallest absolute Gasteiger partial charge is 0.320 e. The normalized spacial score (nSPS) is 19.8. The van der Waals surface area contributed by atoms with Gasteiger partial charge in [0.05, 0.1) is 27.4 Å². The van der Waals surface area contributed by atoms with Crippen LogP contribution in [0, 0.1) is 5.92 Å².